The molecule has 2 heterocycles. The van der Waals surface area contributed by atoms with Crippen molar-refractivity contribution < 1.29 is 4.74 Å². The van der Waals surface area contributed by atoms with Crippen LogP contribution in [-0.2, 0) is 4.74 Å². The molecule has 5 heteroatoms. The van der Waals surface area contributed by atoms with Crippen LogP contribution in [0.2, 0.25) is 0 Å². The summed E-state index contributed by atoms with van der Waals surface area (Å²) >= 11 is 0. The van der Waals surface area contributed by atoms with Crippen molar-refractivity contribution >= 4 is 5.96 Å². The van der Waals surface area contributed by atoms with Gasteiger partial charge in [0.05, 0.1) is 6.10 Å². The van der Waals surface area contributed by atoms with Crippen molar-refractivity contribution in [3.05, 3.63) is 0 Å². The number of likely N-dealkylation sites (tertiary alicyclic amines) is 1. The first-order chi connectivity index (χ1) is 12.8. The van der Waals surface area contributed by atoms with Gasteiger partial charge in [-0.3, -0.25) is 9.89 Å². The van der Waals surface area contributed by atoms with Crippen LogP contribution in [0.4, 0.5) is 0 Å². The predicted octanol–water partition coefficient (Wildman–Crippen LogP) is 2.52. The first kappa shape index (κ1) is 17.3. The number of ether oxygens (including phenoxy) is 1. The molecule has 4 unspecified atom stereocenters. The summed E-state index contributed by atoms with van der Waals surface area (Å²) in [6.45, 7) is 6.40. The molecular formula is C21H36N4O. The van der Waals surface area contributed by atoms with Gasteiger partial charge in [-0.1, -0.05) is 19.3 Å². The molecule has 146 valence electrons. The summed E-state index contributed by atoms with van der Waals surface area (Å²) < 4.78 is 6.08. The Kier molecular flexibility index (Phi) is 4.64. The number of guanidine groups is 1. The Morgan fingerprint density at radius 2 is 1.96 bits per heavy atom. The van der Waals surface area contributed by atoms with E-state index in [1.807, 2.05) is 0 Å². The molecule has 0 aromatic carbocycles. The third-order valence-corrected chi connectivity index (χ3v) is 8.05. The van der Waals surface area contributed by atoms with Crippen molar-refractivity contribution in [3.63, 3.8) is 0 Å². The molecule has 0 aromatic rings. The fourth-order valence-electron chi connectivity index (χ4n) is 6.59. The largest absolute Gasteiger partial charge is 0.377 e. The zero-order valence-electron chi connectivity index (χ0n) is 16.4. The minimum atomic E-state index is 0.420. The molecule has 1 spiro atoms. The first-order valence-corrected chi connectivity index (χ1v) is 11.2. The van der Waals surface area contributed by atoms with Crippen LogP contribution in [0, 0.1) is 11.3 Å². The molecule has 4 atom stereocenters. The van der Waals surface area contributed by atoms with E-state index in [-0.39, 0.29) is 0 Å². The molecule has 5 aliphatic rings. The molecule has 0 aromatic heterocycles. The monoisotopic (exact) mass is 360 g/mol. The van der Waals surface area contributed by atoms with E-state index in [9.17, 15) is 0 Å². The van der Waals surface area contributed by atoms with E-state index >= 15 is 0 Å². The number of aliphatic imine (C=N–C) groups is 1. The molecule has 5 fully saturated rings. The van der Waals surface area contributed by atoms with Gasteiger partial charge in [-0.15, -0.1) is 0 Å². The smallest absolute Gasteiger partial charge is 0.191 e. The normalized spacial score (nSPS) is 39.7. The number of hydrogen-bond donors (Lipinski definition) is 2. The van der Waals surface area contributed by atoms with Crippen LogP contribution >= 0.6 is 0 Å². The Hall–Kier alpha value is -0.810. The maximum Gasteiger partial charge on any atom is 0.191 e. The lowest BCUT2D eigenvalue weighted by Gasteiger charge is -2.63. The van der Waals surface area contributed by atoms with Gasteiger partial charge in [-0.2, -0.15) is 0 Å². The highest BCUT2D eigenvalue weighted by Crippen LogP contribution is 2.62. The summed E-state index contributed by atoms with van der Waals surface area (Å²) in [7, 11) is 0. The second kappa shape index (κ2) is 6.97. The molecule has 3 saturated carbocycles. The van der Waals surface area contributed by atoms with E-state index in [4.69, 9.17) is 9.73 Å². The molecule has 0 amide bonds. The van der Waals surface area contributed by atoms with E-state index < -0.39 is 0 Å². The second-order valence-electron chi connectivity index (χ2n) is 9.34. The van der Waals surface area contributed by atoms with Gasteiger partial charge in [-0.05, 0) is 45.4 Å². The summed E-state index contributed by atoms with van der Waals surface area (Å²) in [5.74, 6) is 1.77. The Morgan fingerprint density at radius 1 is 1.12 bits per heavy atom. The van der Waals surface area contributed by atoms with Crippen LogP contribution in [0.15, 0.2) is 4.99 Å². The van der Waals surface area contributed by atoms with Crippen LogP contribution in [-0.4, -0.2) is 61.3 Å². The van der Waals surface area contributed by atoms with Crippen molar-refractivity contribution in [1.82, 2.24) is 15.5 Å². The fraction of sp³-hybridized carbons (Fsp3) is 0.952. The molecule has 0 bridgehead atoms. The number of nitrogens with zero attached hydrogens (tertiary/aromatic N) is 2. The van der Waals surface area contributed by atoms with E-state index in [1.54, 1.807) is 0 Å². The van der Waals surface area contributed by atoms with Crippen LogP contribution in [0.3, 0.4) is 0 Å². The minimum Gasteiger partial charge on any atom is -0.377 e. The van der Waals surface area contributed by atoms with E-state index in [0.717, 1.165) is 25.2 Å². The Morgan fingerprint density at radius 3 is 2.69 bits per heavy atom. The van der Waals surface area contributed by atoms with Gasteiger partial charge in [0, 0.05) is 55.7 Å². The van der Waals surface area contributed by atoms with Crippen LogP contribution in [0.5, 0.6) is 0 Å². The lowest BCUT2D eigenvalue weighted by molar-refractivity contribution is -0.171. The highest BCUT2D eigenvalue weighted by molar-refractivity contribution is 5.81. The standard InChI is InChI=1S/C21H36N4O/c1-2-22-20(23-15-8-12-25(14-15)16-6-3-4-7-16)24-18-17-9-13-26-19(17)21(18)10-5-11-21/h15-19H,2-14H2,1H3,(H2,22,23,24). The van der Waals surface area contributed by atoms with E-state index in [2.05, 4.69) is 22.5 Å². The lowest BCUT2D eigenvalue weighted by atomic mass is 9.46. The molecule has 2 aliphatic heterocycles. The molecule has 2 saturated heterocycles. The Balaban J connectivity index is 1.20. The molecular weight excluding hydrogens is 324 g/mol. The highest BCUT2D eigenvalue weighted by atomic mass is 16.5. The summed E-state index contributed by atoms with van der Waals surface area (Å²) in [6, 6.07) is 1.98. The van der Waals surface area contributed by atoms with Gasteiger partial charge in [0.15, 0.2) is 5.96 Å². The molecule has 26 heavy (non-hydrogen) atoms. The van der Waals surface area contributed by atoms with Gasteiger partial charge in [-0.25, -0.2) is 0 Å². The fourth-order valence-corrected chi connectivity index (χ4v) is 6.59. The van der Waals surface area contributed by atoms with Crippen molar-refractivity contribution in [1.29, 1.82) is 0 Å². The van der Waals surface area contributed by atoms with Crippen LogP contribution in [0.25, 0.3) is 0 Å². The van der Waals surface area contributed by atoms with Crippen molar-refractivity contribution in [2.24, 2.45) is 16.3 Å². The zero-order chi connectivity index (χ0) is 17.6. The number of hydrogen-bond acceptors (Lipinski definition) is 3. The SMILES string of the molecule is CCN=C(NC1CCN(C2CCCC2)C1)NC1C2CCOC2C12CCC2. The summed E-state index contributed by atoms with van der Waals surface area (Å²) in [5.41, 5.74) is 0.420. The maximum absolute atomic E-state index is 6.08. The zero-order valence-corrected chi connectivity index (χ0v) is 16.4. The Labute approximate surface area is 158 Å². The number of nitrogens with one attached hydrogen (secondary N) is 2. The molecule has 2 N–H and O–H groups in total. The van der Waals surface area contributed by atoms with Crippen molar-refractivity contribution in [3.8, 4) is 0 Å². The van der Waals surface area contributed by atoms with E-state index in [1.165, 1.54) is 70.9 Å². The van der Waals surface area contributed by atoms with E-state index in [0.29, 0.717) is 29.5 Å². The predicted molar refractivity (Wildman–Crippen MR) is 104 cm³/mol. The Bertz CT molecular complexity index is 540. The first-order valence-electron chi connectivity index (χ1n) is 11.2. The quantitative estimate of drug-likeness (QED) is 0.597. The van der Waals surface area contributed by atoms with Gasteiger partial charge in [0.25, 0.3) is 0 Å². The third-order valence-electron chi connectivity index (χ3n) is 8.05. The van der Waals surface area contributed by atoms with Crippen LogP contribution < -0.4 is 10.6 Å². The highest BCUT2D eigenvalue weighted by Gasteiger charge is 2.66. The summed E-state index contributed by atoms with van der Waals surface area (Å²) in [5, 5.41) is 7.66. The maximum atomic E-state index is 6.08. The average molecular weight is 361 g/mol. The average Bonchev–Trinajstić information content (AvgIpc) is 3.32. The summed E-state index contributed by atoms with van der Waals surface area (Å²) in [4.78, 5) is 7.53. The van der Waals surface area contributed by atoms with Gasteiger partial charge < -0.3 is 15.4 Å². The third kappa shape index (κ3) is 2.77. The number of fused-ring (bicyclic) bond motifs is 2. The molecule has 0 radical (unpaired) electrons. The van der Waals surface area contributed by atoms with Crippen molar-refractivity contribution in [2.75, 3.05) is 26.2 Å². The van der Waals surface area contributed by atoms with Crippen molar-refractivity contribution in [2.45, 2.75) is 88.9 Å². The molecule has 5 rings (SSSR count). The van der Waals surface area contributed by atoms with Crippen LogP contribution in [0.1, 0.15) is 64.7 Å². The topological polar surface area (TPSA) is 48.9 Å². The van der Waals surface area contributed by atoms with Gasteiger partial charge in [0.1, 0.15) is 0 Å². The minimum absolute atomic E-state index is 0.420. The molecule has 3 aliphatic carbocycles. The van der Waals surface area contributed by atoms with Gasteiger partial charge in [0.2, 0.25) is 0 Å². The second-order valence-corrected chi connectivity index (χ2v) is 9.34. The molecule has 5 nitrogen and oxygen atoms in total. The number of rotatable bonds is 4. The summed E-state index contributed by atoms with van der Waals surface area (Å²) in [6.07, 6.45) is 12.7. The lowest BCUT2D eigenvalue weighted by Crippen LogP contribution is -2.72. The van der Waals surface area contributed by atoms with Gasteiger partial charge >= 0.3 is 0 Å².